The van der Waals surface area contributed by atoms with Gasteiger partial charge in [0.25, 0.3) is 0 Å². The molecule has 1 heterocycles. The molecule has 104 valence electrons. The van der Waals surface area contributed by atoms with Crippen molar-refractivity contribution in [3.05, 3.63) is 47.3 Å². The summed E-state index contributed by atoms with van der Waals surface area (Å²) in [6, 6.07) is 4.33. The van der Waals surface area contributed by atoms with Crippen LogP contribution >= 0.6 is 0 Å². The molecule has 7 heteroatoms. The number of aromatic amines is 1. The predicted octanol–water partition coefficient (Wildman–Crippen LogP) is 1.74. The Kier molecular flexibility index (Phi) is 3.99. The van der Waals surface area contributed by atoms with Crippen LogP contribution in [0, 0.1) is 6.92 Å². The fourth-order valence-corrected chi connectivity index (χ4v) is 1.67. The van der Waals surface area contributed by atoms with E-state index in [4.69, 9.17) is 5.11 Å². The minimum atomic E-state index is -1.08. The smallest absolute Gasteiger partial charge is 0.337 e. The largest absolute Gasteiger partial charge is 0.478 e. The Morgan fingerprint density at radius 3 is 2.85 bits per heavy atom. The van der Waals surface area contributed by atoms with E-state index in [1.807, 2.05) is 0 Å². The van der Waals surface area contributed by atoms with Crippen molar-refractivity contribution >= 4 is 17.7 Å². The first-order chi connectivity index (χ1) is 9.56. The summed E-state index contributed by atoms with van der Waals surface area (Å²) in [6.07, 6.45) is 3.25. The monoisotopic (exact) mass is 274 g/mol. The van der Waals surface area contributed by atoms with Crippen molar-refractivity contribution in [2.24, 2.45) is 0 Å². The van der Waals surface area contributed by atoms with Crippen LogP contribution in [0.2, 0.25) is 0 Å². The van der Waals surface area contributed by atoms with E-state index >= 15 is 0 Å². The van der Waals surface area contributed by atoms with E-state index in [-0.39, 0.29) is 11.3 Å². The standard InChI is InChI=1S/C13H14N4O3/c1-8-2-3-11(10(4-8)12(18)19)17-13(20)14-5-9-6-15-16-7-9/h2-4,6-7H,5H2,1H3,(H,15,16)(H,18,19)(H2,14,17,20). The Hall–Kier alpha value is -2.83. The first-order valence-corrected chi connectivity index (χ1v) is 5.92. The molecule has 0 spiro atoms. The number of carbonyl (C=O) groups excluding carboxylic acids is 1. The van der Waals surface area contributed by atoms with Gasteiger partial charge in [-0.1, -0.05) is 11.6 Å². The van der Waals surface area contributed by atoms with Gasteiger partial charge in [0.15, 0.2) is 0 Å². The fourth-order valence-electron chi connectivity index (χ4n) is 1.67. The Balaban J connectivity index is 2.02. The first kappa shape index (κ1) is 13.6. The molecule has 0 radical (unpaired) electrons. The number of amides is 2. The molecule has 0 aliphatic rings. The number of aromatic nitrogens is 2. The van der Waals surface area contributed by atoms with Crippen molar-refractivity contribution in [1.82, 2.24) is 15.5 Å². The van der Waals surface area contributed by atoms with Crippen LogP contribution in [0.15, 0.2) is 30.6 Å². The highest BCUT2D eigenvalue weighted by Gasteiger charge is 2.12. The number of nitrogens with one attached hydrogen (secondary N) is 3. The summed E-state index contributed by atoms with van der Waals surface area (Å²) >= 11 is 0. The molecule has 0 saturated carbocycles. The van der Waals surface area contributed by atoms with Crippen LogP contribution in [0.5, 0.6) is 0 Å². The SMILES string of the molecule is Cc1ccc(NC(=O)NCc2cn[nH]c2)c(C(=O)O)c1. The zero-order valence-corrected chi connectivity index (χ0v) is 10.8. The first-order valence-electron chi connectivity index (χ1n) is 5.92. The minimum absolute atomic E-state index is 0.0588. The molecule has 2 amide bonds. The molecular formula is C13H14N4O3. The van der Waals surface area contributed by atoms with Crippen LogP contribution in [-0.4, -0.2) is 27.3 Å². The number of carboxylic acid groups (broad SMARTS) is 1. The molecule has 7 nitrogen and oxygen atoms in total. The summed E-state index contributed by atoms with van der Waals surface area (Å²) in [5, 5.41) is 20.6. The molecule has 0 unspecified atom stereocenters. The normalized spacial score (nSPS) is 10.1. The van der Waals surface area contributed by atoms with Crippen molar-refractivity contribution < 1.29 is 14.7 Å². The summed E-state index contributed by atoms with van der Waals surface area (Å²) in [5.41, 5.74) is 1.95. The van der Waals surface area contributed by atoms with Gasteiger partial charge in [-0.05, 0) is 19.1 Å². The van der Waals surface area contributed by atoms with Gasteiger partial charge in [0.2, 0.25) is 0 Å². The maximum Gasteiger partial charge on any atom is 0.337 e. The molecule has 4 N–H and O–H groups in total. The molecule has 0 aliphatic carbocycles. The molecule has 0 bridgehead atoms. The van der Waals surface area contributed by atoms with E-state index in [1.54, 1.807) is 31.5 Å². The van der Waals surface area contributed by atoms with Crippen molar-refractivity contribution in [1.29, 1.82) is 0 Å². The van der Waals surface area contributed by atoms with Crippen molar-refractivity contribution in [2.45, 2.75) is 13.5 Å². The van der Waals surface area contributed by atoms with Gasteiger partial charge in [-0.3, -0.25) is 5.10 Å². The summed E-state index contributed by atoms with van der Waals surface area (Å²) in [7, 11) is 0. The van der Waals surface area contributed by atoms with Gasteiger partial charge in [0, 0.05) is 18.3 Å². The lowest BCUT2D eigenvalue weighted by Gasteiger charge is -2.10. The van der Waals surface area contributed by atoms with Crippen molar-refractivity contribution in [3.8, 4) is 0 Å². The number of rotatable bonds is 4. The summed E-state index contributed by atoms with van der Waals surface area (Å²) < 4.78 is 0. The lowest BCUT2D eigenvalue weighted by atomic mass is 10.1. The molecule has 1 aromatic heterocycles. The Labute approximate surface area is 115 Å². The van der Waals surface area contributed by atoms with E-state index in [0.717, 1.165) is 11.1 Å². The van der Waals surface area contributed by atoms with Gasteiger partial charge < -0.3 is 15.7 Å². The van der Waals surface area contributed by atoms with Crippen molar-refractivity contribution in [2.75, 3.05) is 5.32 Å². The number of carbonyl (C=O) groups is 2. The number of carboxylic acids is 1. The molecule has 0 atom stereocenters. The summed E-state index contributed by atoms with van der Waals surface area (Å²) in [4.78, 5) is 22.8. The molecule has 20 heavy (non-hydrogen) atoms. The molecular weight excluding hydrogens is 260 g/mol. The number of aryl methyl sites for hydroxylation is 1. The molecule has 1 aromatic carbocycles. The fraction of sp³-hybridized carbons (Fsp3) is 0.154. The third kappa shape index (κ3) is 3.35. The van der Waals surface area contributed by atoms with Crippen LogP contribution in [0.4, 0.5) is 10.5 Å². The lowest BCUT2D eigenvalue weighted by molar-refractivity contribution is 0.0698. The molecule has 0 aliphatic heterocycles. The highest BCUT2D eigenvalue weighted by atomic mass is 16.4. The number of hydrogen-bond donors (Lipinski definition) is 4. The third-order valence-electron chi connectivity index (χ3n) is 2.66. The predicted molar refractivity (Wildman–Crippen MR) is 72.6 cm³/mol. The highest BCUT2D eigenvalue weighted by Crippen LogP contribution is 2.17. The average Bonchev–Trinajstić information content (AvgIpc) is 2.91. The van der Waals surface area contributed by atoms with Gasteiger partial charge in [-0.2, -0.15) is 5.10 Å². The van der Waals surface area contributed by atoms with Gasteiger partial charge >= 0.3 is 12.0 Å². The van der Waals surface area contributed by atoms with Crippen LogP contribution in [0.1, 0.15) is 21.5 Å². The van der Waals surface area contributed by atoms with Crippen molar-refractivity contribution in [3.63, 3.8) is 0 Å². The number of nitrogens with zero attached hydrogens (tertiary/aromatic N) is 1. The second kappa shape index (κ2) is 5.87. The van der Waals surface area contributed by atoms with Crippen LogP contribution in [0.25, 0.3) is 0 Å². The maximum atomic E-state index is 11.7. The van der Waals surface area contributed by atoms with E-state index in [1.165, 1.54) is 6.07 Å². The summed E-state index contributed by atoms with van der Waals surface area (Å²) in [6.45, 7) is 2.09. The quantitative estimate of drug-likeness (QED) is 0.681. The van der Waals surface area contributed by atoms with Crippen LogP contribution in [-0.2, 0) is 6.54 Å². The summed E-state index contributed by atoms with van der Waals surface area (Å²) in [5.74, 6) is -1.08. The van der Waals surface area contributed by atoms with Gasteiger partial charge in [0.05, 0.1) is 17.4 Å². The van der Waals surface area contributed by atoms with Crippen LogP contribution < -0.4 is 10.6 Å². The zero-order chi connectivity index (χ0) is 14.5. The Morgan fingerprint density at radius 1 is 1.40 bits per heavy atom. The molecule has 0 saturated heterocycles. The van der Waals surface area contributed by atoms with Crippen LogP contribution in [0.3, 0.4) is 0 Å². The van der Waals surface area contributed by atoms with Gasteiger partial charge in [0.1, 0.15) is 0 Å². The molecule has 0 fully saturated rings. The third-order valence-corrected chi connectivity index (χ3v) is 2.66. The maximum absolute atomic E-state index is 11.7. The van der Waals surface area contributed by atoms with E-state index in [2.05, 4.69) is 20.8 Å². The Morgan fingerprint density at radius 2 is 2.20 bits per heavy atom. The average molecular weight is 274 g/mol. The number of anilines is 1. The number of hydrogen-bond acceptors (Lipinski definition) is 3. The lowest BCUT2D eigenvalue weighted by Crippen LogP contribution is -2.28. The number of H-pyrrole nitrogens is 1. The number of urea groups is 1. The van der Waals surface area contributed by atoms with E-state index in [0.29, 0.717) is 6.54 Å². The topological polar surface area (TPSA) is 107 Å². The van der Waals surface area contributed by atoms with E-state index < -0.39 is 12.0 Å². The second-order valence-corrected chi connectivity index (χ2v) is 4.27. The van der Waals surface area contributed by atoms with E-state index in [9.17, 15) is 9.59 Å². The second-order valence-electron chi connectivity index (χ2n) is 4.27. The molecule has 2 rings (SSSR count). The number of aromatic carboxylic acids is 1. The Bertz CT molecular complexity index is 623. The minimum Gasteiger partial charge on any atom is -0.478 e. The molecule has 2 aromatic rings. The highest BCUT2D eigenvalue weighted by molar-refractivity contribution is 6.00. The number of benzene rings is 1. The zero-order valence-electron chi connectivity index (χ0n) is 10.8. The van der Waals surface area contributed by atoms with Gasteiger partial charge in [-0.25, -0.2) is 9.59 Å². The van der Waals surface area contributed by atoms with Gasteiger partial charge in [-0.15, -0.1) is 0 Å².